The lowest BCUT2D eigenvalue weighted by atomic mass is 10.0. The summed E-state index contributed by atoms with van der Waals surface area (Å²) in [5.41, 5.74) is 12.0. The molecule has 0 aliphatic rings. The van der Waals surface area contributed by atoms with Crippen LogP contribution in [0.4, 0.5) is 39.8 Å². The van der Waals surface area contributed by atoms with E-state index < -0.39 is 0 Å². The van der Waals surface area contributed by atoms with Crippen molar-refractivity contribution in [2.24, 2.45) is 10.2 Å². The molecule has 0 aromatic heterocycles. The van der Waals surface area contributed by atoms with Crippen molar-refractivity contribution in [3.8, 4) is 0 Å². The van der Waals surface area contributed by atoms with E-state index in [1.54, 1.807) is 0 Å². The van der Waals surface area contributed by atoms with E-state index in [2.05, 4.69) is 146 Å². The van der Waals surface area contributed by atoms with Gasteiger partial charge in [0.2, 0.25) is 0 Å². The summed E-state index contributed by atoms with van der Waals surface area (Å²) < 4.78 is 0. The van der Waals surface area contributed by atoms with E-state index in [9.17, 15) is 0 Å². The summed E-state index contributed by atoms with van der Waals surface area (Å²) in [6.45, 7) is 4.35. The normalized spacial score (nSPS) is 11.5. The van der Waals surface area contributed by atoms with E-state index in [1.807, 2.05) is 107 Å². The lowest BCUT2D eigenvalue weighted by molar-refractivity contribution is 1.09. The molecule has 0 saturated carbocycles. The zero-order valence-corrected chi connectivity index (χ0v) is 31.1. The van der Waals surface area contributed by atoms with Gasteiger partial charge in [0.1, 0.15) is 0 Å². The first-order valence-electron chi connectivity index (χ1n) is 18.4. The highest BCUT2D eigenvalue weighted by atomic mass is 15.5. The Kier molecular flexibility index (Phi) is 11.8. The van der Waals surface area contributed by atoms with Crippen molar-refractivity contribution in [2.75, 3.05) is 14.9 Å². The zero-order chi connectivity index (χ0) is 37.7. The second-order valence-corrected chi connectivity index (χ2v) is 13.0. The molecular formula is C50H43N5. The molecule has 0 radical (unpaired) electrons. The van der Waals surface area contributed by atoms with Crippen LogP contribution >= 0.6 is 0 Å². The van der Waals surface area contributed by atoms with Crippen molar-refractivity contribution < 1.29 is 0 Å². The Balaban J connectivity index is 1.09. The minimum Gasteiger partial charge on any atom is -0.310 e. The summed E-state index contributed by atoms with van der Waals surface area (Å²) in [5.74, 6) is 0. The second kappa shape index (κ2) is 18.0. The highest BCUT2D eigenvalue weighted by Crippen LogP contribution is 2.37. The van der Waals surface area contributed by atoms with Gasteiger partial charge < -0.3 is 4.90 Å². The van der Waals surface area contributed by atoms with Gasteiger partial charge in [0, 0.05) is 29.5 Å². The van der Waals surface area contributed by atoms with Crippen LogP contribution in [0.15, 0.2) is 210 Å². The van der Waals surface area contributed by atoms with Crippen LogP contribution < -0.4 is 14.9 Å². The average molecular weight is 714 g/mol. The van der Waals surface area contributed by atoms with Crippen LogP contribution in [0.3, 0.4) is 0 Å². The highest BCUT2D eigenvalue weighted by Gasteiger charge is 2.15. The Morgan fingerprint density at radius 3 is 1.09 bits per heavy atom. The lowest BCUT2D eigenvalue weighted by Gasteiger charge is -2.28. The standard InChI is InChI=1S/C50H43N5/c1-40-18-15-29-50(41(40)2)53(44-34-30-42(31-35-44)19-16-38-51-54(46-21-7-3-8-22-46)47-23-9-4-10-24-47)45-36-32-43(33-37-45)20-17-39-52-55(48-25-11-5-12-26-48)49-27-13-6-14-28-49/h3-39H,1-2H3/b19-16+,20-17+,51-38+,52-39+. The molecule has 0 N–H and O–H groups in total. The van der Waals surface area contributed by atoms with Crippen LogP contribution in [-0.2, 0) is 0 Å². The smallest absolute Gasteiger partial charge is 0.0652 e. The van der Waals surface area contributed by atoms with Crippen LogP contribution in [0.5, 0.6) is 0 Å². The van der Waals surface area contributed by atoms with Crippen molar-refractivity contribution in [3.05, 3.63) is 222 Å². The average Bonchev–Trinajstić information content (AvgIpc) is 3.25. The maximum atomic E-state index is 4.78. The zero-order valence-electron chi connectivity index (χ0n) is 31.1. The summed E-state index contributed by atoms with van der Waals surface area (Å²) in [6.07, 6.45) is 11.8. The fraction of sp³-hybridized carbons (Fsp3) is 0.0400. The summed E-state index contributed by atoms with van der Waals surface area (Å²) in [5, 5.41) is 13.4. The molecule has 0 heterocycles. The van der Waals surface area contributed by atoms with Gasteiger partial charge in [-0.05, 0) is 127 Å². The van der Waals surface area contributed by atoms with Gasteiger partial charge in [0.25, 0.3) is 0 Å². The number of allylic oxidation sites excluding steroid dienone is 2. The first kappa shape index (κ1) is 36.1. The molecule has 0 spiro atoms. The van der Waals surface area contributed by atoms with E-state index in [4.69, 9.17) is 10.2 Å². The minimum absolute atomic E-state index is 1.00. The molecule has 0 unspecified atom stereocenters. The summed E-state index contributed by atoms with van der Waals surface area (Å²) >= 11 is 0. The number of nitrogens with zero attached hydrogens (tertiary/aromatic N) is 5. The van der Waals surface area contributed by atoms with E-state index in [1.165, 1.54) is 11.1 Å². The first-order valence-corrected chi connectivity index (χ1v) is 18.4. The molecule has 0 bridgehead atoms. The van der Waals surface area contributed by atoms with Crippen molar-refractivity contribution in [1.82, 2.24) is 0 Å². The Morgan fingerprint density at radius 1 is 0.364 bits per heavy atom. The lowest BCUT2D eigenvalue weighted by Crippen LogP contribution is -2.11. The first-order chi connectivity index (χ1) is 27.1. The molecule has 7 aromatic carbocycles. The van der Waals surface area contributed by atoms with Gasteiger partial charge in [-0.3, -0.25) is 0 Å². The van der Waals surface area contributed by atoms with Crippen molar-refractivity contribution >= 4 is 64.4 Å². The Hall–Kier alpha value is -7.24. The maximum absolute atomic E-state index is 4.78. The third-order valence-electron chi connectivity index (χ3n) is 9.24. The summed E-state index contributed by atoms with van der Waals surface area (Å²) in [4.78, 5) is 2.32. The van der Waals surface area contributed by atoms with Gasteiger partial charge in [-0.1, -0.05) is 121 Å². The van der Waals surface area contributed by atoms with Crippen LogP contribution in [0, 0.1) is 13.8 Å². The van der Waals surface area contributed by atoms with Crippen LogP contribution in [-0.4, -0.2) is 12.4 Å². The molecule has 5 nitrogen and oxygen atoms in total. The van der Waals surface area contributed by atoms with Crippen molar-refractivity contribution in [2.45, 2.75) is 13.8 Å². The molecule has 0 aliphatic heterocycles. The van der Waals surface area contributed by atoms with Crippen molar-refractivity contribution in [3.63, 3.8) is 0 Å². The number of benzene rings is 7. The number of aryl methyl sites for hydroxylation is 1. The van der Waals surface area contributed by atoms with Gasteiger partial charge in [-0.2, -0.15) is 10.2 Å². The summed E-state index contributed by atoms with van der Waals surface area (Å²) in [7, 11) is 0. The molecule has 7 rings (SSSR count). The Labute approximate surface area is 324 Å². The second-order valence-electron chi connectivity index (χ2n) is 13.0. The molecule has 0 atom stereocenters. The summed E-state index contributed by atoms with van der Waals surface area (Å²) in [6, 6.07) is 64.5. The molecule has 0 aliphatic carbocycles. The molecule has 268 valence electrons. The third kappa shape index (κ3) is 9.23. The Morgan fingerprint density at radius 2 is 0.727 bits per heavy atom. The number of hydrazone groups is 2. The van der Waals surface area contributed by atoms with E-state index >= 15 is 0 Å². The fourth-order valence-corrected chi connectivity index (χ4v) is 6.23. The molecule has 0 amide bonds. The quantitative estimate of drug-likeness (QED) is 0.0881. The molecule has 55 heavy (non-hydrogen) atoms. The van der Waals surface area contributed by atoms with Gasteiger partial charge >= 0.3 is 0 Å². The van der Waals surface area contributed by atoms with E-state index in [0.29, 0.717) is 0 Å². The topological polar surface area (TPSA) is 34.4 Å². The van der Waals surface area contributed by atoms with Gasteiger partial charge in [0.15, 0.2) is 0 Å². The number of hydrogen-bond acceptors (Lipinski definition) is 5. The van der Waals surface area contributed by atoms with Gasteiger partial charge in [0.05, 0.1) is 22.7 Å². The van der Waals surface area contributed by atoms with Gasteiger partial charge in [-0.15, -0.1) is 0 Å². The van der Waals surface area contributed by atoms with Crippen LogP contribution in [0.2, 0.25) is 0 Å². The third-order valence-corrected chi connectivity index (χ3v) is 9.24. The predicted octanol–water partition coefficient (Wildman–Crippen LogP) is 13.4. The van der Waals surface area contributed by atoms with E-state index in [0.717, 1.165) is 50.9 Å². The fourth-order valence-electron chi connectivity index (χ4n) is 6.23. The maximum Gasteiger partial charge on any atom is 0.0652 e. The largest absolute Gasteiger partial charge is 0.310 e. The molecule has 0 saturated heterocycles. The molecule has 5 heteroatoms. The van der Waals surface area contributed by atoms with E-state index in [-0.39, 0.29) is 0 Å². The SMILES string of the molecule is Cc1cccc(N(c2ccc(/C=C/C=N/N(c3ccccc3)c3ccccc3)cc2)c2ccc(/C=C/C=N/N(c3ccccc3)c3ccccc3)cc2)c1C. The number of rotatable bonds is 13. The monoisotopic (exact) mass is 713 g/mol. The minimum atomic E-state index is 1.00. The van der Waals surface area contributed by atoms with Crippen LogP contribution in [0.1, 0.15) is 22.3 Å². The molecular weight excluding hydrogens is 671 g/mol. The number of hydrogen-bond donors (Lipinski definition) is 0. The highest BCUT2D eigenvalue weighted by molar-refractivity contribution is 5.84. The number of para-hydroxylation sites is 4. The Bertz CT molecular complexity index is 2140. The van der Waals surface area contributed by atoms with Gasteiger partial charge in [-0.25, -0.2) is 10.0 Å². The molecule has 7 aromatic rings. The predicted molar refractivity (Wildman–Crippen MR) is 236 cm³/mol. The van der Waals surface area contributed by atoms with Crippen molar-refractivity contribution in [1.29, 1.82) is 0 Å². The number of anilines is 7. The molecule has 0 fully saturated rings. The van der Waals surface area contributed by atoms with Crippen LogP contribution in [0.25, 0.3) is 12.2 Å².